The van der Waals surface area contributed by atoms with Gasteiger partial charge >= 0.3 is 0 Å². The fourth-order valence-corrected chi connectivity index (χ4v) is 2.63. The van der Waals surface area contributed by atoms with E-state index in [1.807, 2.05) is 7.05 Å². The number of H-pyrrole nitrogens is 1. The number of hydrogen-bond acceptors (Lipinski definition) is 5. The van der Waals surface area contributed by atoms with Crippen molar-refractivity contribution < 1.29 is 0 Å². The van der Waals surface area contributed by atoms with Crippen molar-refractivity contribution in [1.29, 1.82) is 0 Å². The van der Waals surface area contributed by atoms with Gasteiger partial charge in [-0.2, -0.15) is 9.97 Å². The molecule has 0 bridgehead atoms. The van der Waals surface area contributed by atoms with Crippen molar-refractivity contribution in [3.05, 3.63) is 6.33 Å². The molecule has 102 valence electrons. The van der Waals surface area contributed by atoms with Gasteiger partial charge in [-0.15, -0.1) is 0 Å². The zero-order chi connectivity index (χ0) is 13.2. The maximum atomic E-state index is 4.61. The van der Waals surface area contributed by atoms with Crippen LogP contribution in [0.2, 0.25) is 0 Å². The molecule has 2 N–H and O–H groups in total. The Morgan fingerprint density at radius 2 is 2.21 bits per heavy atom. The van der Waals surface area contributed by atoms with E-state index in [-0.39, 0.29) is 0 Å². The number of rotatable bonds is 2. The van der Waals surface area contributed by atoms with E-state index in [9.17, 15) is 0 Å². The third kappa shape index (κ3) is 2.34. The molecule has 1 atom stereocenters. The van der Waals surface area contributed by atoms with Crippen molar-refractivity contribution in [1.82, 2.24) is 19.9 Å². The first-order valence-electron chi connectivity index (χ1n) is 6.91. The minimum absolute atomic E-state index is 0.631. The first-order valence-corrected chi connectivity index (χ1v) is 6.91. The third-order valence-electron chi connectivity index (χ3n) is 3.81. The molecular formula is C13H20N6. The zero-order valence-corrected chi connectivity index (χ0v) is 11.5. The lowest BCUT2D eigenvalue weighted by molar-refractivity contribution is 0.521. The Hall–Kier alpha value is -1.85. The number of nitrogens with one attached hydrogen (secondary N) is 2. The van der Waals surface area contributed by atoms with Gasteiger partial charge in [0.25, 0.3) is 0 Å². The molecule has 6 heteroatoms. The fraction of sp³-hybridized carbons (Fsp3) is 0.615. The van der Waals surface area contributed by atoms with Gasteiger partial charge in [-0.25, -0.2) is 4.98 Å². The van der Waals surface area contributed by atoms with Crippen molar-refractivity contribution in [3.63, 3.8) is 0 Å². The predicted molar refractivity (Wildman–Crippen MR) is 76.5 cm³/mol. The standard InChI is InChI=1S/C13H20N6/c1-9-4-3-6-19(7-5-9)12-10-11(16-8-15-10)17-13(14-2)18-12/h8-9H,3-7H2,1-2H3,(H2,14,15,16,17,18). The number of aromatic amines is 1. The number of hydrogen-bond donors (Lipinski definition) is 2. The van der Waals surface area contributed by atoms with Crippen LogP contribution in [0.4, 0.5) is 11.8 Å². The SMILES string of the molecule is CNc1nc(N2CCCC(C)CC2)c2[nH]cnc2n1. The highest BCUT2D eigenvalue weighted by molar-refractivity contribution is 5.84. The summed E-state index contributed by atoms with van der Waals surface area (Å²) >= 11 is 0. The van der Waals surface area contributed by atoms with E-state index in [0.29, 0.717) is 5.95 Å². The lowest BCUT2D eigenvalue weighted by Gasteiger charge is -2.22. The summed E-state index contributed by atoms with van der Waals surface area (Å²) in [4.78, 5) is 18.7. The molecule has 0 radical (unpaired) electrons. The van der Waals surface area contributed by atoms with Crippen LogP contribution in [0.3, 0.4) is 0 Å². The van der Waals surface area contributed by atoms with E-state index in [2.05, 4.69) is 37.1 Å². The second-order valence-corrected chi connectivity index (χ2v) is 5.25. The van der Waals surface area contributed by atoms with Crippen molar-refractivity contribution in [2.24, 2.45) is 5.92 Å². The van der Waals surface area contributed by atoms with Crippen molar-refractivity contribution in [2.75, 3.05) is 30.4 Å². The van der Waals surface area contributed by atoms with Crippen LogP contribution in [0, 0.1) is 5.92 Å². The van der Waals surface area contributed by atoms with Gasteiger partial charge in [0.2, 0.25) is 5.95 Å². The molecule has 1 saturated heterocycles. The first-order chi connectivity index (χ1) is 9.28. The highest BCUT2D eigenvalue weighted by Crippen LogP contribution is 2.26. The lowest BCUT2D eigenvalue weighted by Crippen LogP contribution is -2.26. The number of anilines is 2. The third-order valence-corrected chi connectivity index (χ3v) is 3.81. The van der Waals surface area contributed by atoms with Crippen LogP contribution >= 0.6 is 0 Å². The molecule has 0 amide bonds. The molecule has 1 aliphatic heterocycles. The van der Waals surface area contributed by atoms with Gasteiger partial charge in [-0.3, -0.25) is 0 Å². The zero-order valence-electron chi connectivity index (χ0n) is 11.5. The van der Waals surface area contributed by atoms with Crippen LogP contribution in [0.1, 0.15) is 26.2 Å². The van der Waals surface area contributed by atoms with E-state index in [0.717, 1.165) is 36.0 Å². The monoisotopic (exact) mass is 260 g/mol. The molecule has 0 aromatic carbocycles. The molecule has 2 aromatic rings. The molecule has 0 saturated carbocycles. The Labute approximate surface area is 112 Å². The second-order valence-electron chi connectivity index (χ2n) is 5.25. The van der Waals surface area contributed by atoms with E-state index in [4.69, 9.17) is 0 Å². The highest BCUT2D eigenvalue weighted by atomic mass is 15.2. The first kappa shape index (κ1) is 12.2. The molecule has 19 heavy (non-hydrogen) atoms. The molecular weight excluding hydrogens is 240 g/mol. The van der Waals surface area contributed by atoms with E-state index in [1.54, 1.807) is 6.33 Å². The summed E-state index contributed by atoms with van der Waals surface area (Å²) < 4.78 is 0. The number of fused-ring (bicyclic) bond motifs is 1. The normalized spacial score (nSPS) is 20.5. The molecule has 3 rings (SSSR count). The Kier molecular flexibility index (Phi) is 3.23. The Morgan fingerprint density at radius 3 is 3.05 bits per heavy atom. The van der Waals surface area contributed by atoms with Crippen LogP contribution in [-0.2, 0) is 0 Å². The minimum Gasteiger partial charge on any atom is -0.357 e. The van der Waals surface area contributed by atoms with Gasteiger partial charge in [0.15, 0.2) is 11.5 Å². The van der Waals surface area contributed by atoms with Crippen LogP contribution in [0.15, 0.2) is 6.33 Å². The molecule has 0 aliphatic carbocycles. The quantitative estimate of drug-likeness (QED) is 0.864. The smallest absolute Gasteiger partial charge is 0.226 e. The van der Waals surface area contributed by atoms with E-state index >= 15 is 0 Å². The summed E-state index contributed by atoms with van der Waals surface area (Å²) in [5.74, 6) is 2.40. The summed E-state index contributed by atoms with van der Waals surface area (Å²) in [7, 11) is 1.84. The average molecular weight is 260 g/mol. The number of imidazole rings is 1. The number of nitrogens with zero attached hydrogens (tertiary/aromatic N) is 4. The van der Waals surface area contributed by atoms with Crippen molar-refractivity contribution >= 4 is 22.9 Å². The lowest BCUT2D eigenvalue weighted by atomic mass is 10.0. The predicted octanol–water partition coefficient (Wildman–Crippen LogP) is 2.02. The molecule has 2 aromatic heterocycles. The molecule has 1 unspecified atom stereocenters. The summed E-state index contributed by atoms with van der Waals surface area (Å²) in [5, 5.41) is 3.01. The largest absolute Gasteiger partial charge is 0.357 e. The van der Waals surface area contributed by atoms with Crippen molar-refractivity contribution in [3.8, 4) is 0 Å². The summed E-state index contributed by atoms with van der Waals surface area (Å²) in [6.07, 6.45) is 5.42. The molecule has 1 aliphatic rings. The molecule has 1 fully saturated rings. The Morgan fingerprint density at radius 1 is 1.32 bits per heavy atom. The van der Waals surface area contributed by atoms with Crippen LogP contribution in [0.25, 0.3) is 11.2 Å². The van der Waals surface area contributed by atoms with E-state index in [1.165, 1.54) is 19.3 Å². The second kappa shape index (κ2) is 5.03. The maximum absolute atomic E-state index is 4.61. The summed E-state index contributed by atoms with van der Waals surface area (Å²) in [6.45, 7) is 4.43. The summed E-state index contributed by atoms with van der Waals surface area (Å²) in [6, 6.07) is 0. The molecule has 3 heterocycles. The van der Waals surface area contributed by atoms with Crippen molar-refractivity contribution in [2.45, 2.75) is 26.2 Å². The van der Waals surface area contributed by atoms with E-state index < -0.39 is 0 Å². The van der Waals surface area contributed by atoms with Crippen LogP contribution in [0.5, 0.6) is 0 Å². The fourth-order valence-electron chi connectivity index (χ4n) is 2.63. The van der Waals surface area contributed by atoms with Crippen LogP contribution < -0.4 is 10.2 Å². The Bertz CT molecular complexity index is 563. The van der Waals surface area contributed by atoms with Gasteiger partial charge in [0, 0.05) is 20.1 Å². The maximum Gasteiger partial charge on any atom is 0.226 e. The van der Waals surface area contributed by atoms with Crippen LogP contribution in [-0.4, -0.2) is 40.1 Å². The Balaban J connectivity index is 2.00. The van der Waals surface area contributed by atoms with Gasteiger partial charge in [0.05, 0.1) is 6.33 Å². The van der Waals surface area contributed by atoms with Gasteiger partial charge < -0.3 is 15.2 Å². The average Bonchev–Trinajstić information content (AvgIpc) is 2.79. The van der Waals surface area contributed by atoms with Gasteiger partial charge in [0.1, 0.15) is 5.52 Å². The minimum atomic E-state index is 0.631. The van der Waals surface area contributed by atoms with Gasteiger partial charge in [-0.1, -0.05) is 6.92 Å². The summed E-state index contributed by atoms with van der Waals surface area (Å²) in [5.41, 5.74) is 1.67. The molecule has 0 spiro atoms. The topological polar surface area (TPSA) is 69.7 Å². The molecule has 6 nitrogen and oxygen atoms in total. The number of aromatic nitrogens is 4. The van der Waals surface area contributed by atoms with Gasteiger partial charge in [-0.05, 0) is 25.2 Å². The highest BCUT2D eigenvalue weighted by Gasteiger charge is 2.19.